The van der Waals surface area contributed by atoms with Crippen LogP contribution in [0.15, 0.2) is 72.0 Å². The number of carbonyl (C=O) groups excluding carboxylic acids is 4. The van der Waals surface area contributed by atoms with Gasteiger partial charge in [-0.25, -0.2) is 19.2 Å². The molecule has 0 bridgehead atoms. The Hall–Kier alpha value is -1.94. The number of carbonyl (C=O) groups is 4. The van der Waals surface area contributed by atoms with Crippen LogP contribution >= 0.6 is 94.1 Å². The molecule has 0 spiro atoms. The predicted molar refractivity (Wildman–Crippen MR) is 627 cm³/mol. The van der Waals surface area contributed by atoms with Crippen LogP contribution in [0, 0.1) is 185 Å². The Balaban J connectivity index is 0.511. The number of alkyl carbamates (subject to hydrolysis) is 4. The molecule has 32 atom stereocenters. The van der Waals surface area contributed by atoms with Gasteiger partial charge in [-0.3, -0.25) is 0 Å². The van der Waals surface area contributed by atoms with Crippen LogP contribution < -0.4 is 21.3 Å². The molecule has 18 rings (SSSR count). The van der Waals surface area contributed by atoms with E-state index in [0.717, 1.165) is 219 Å². The average molecular weight is 2160 g/mol. The summed E-state index contributed by atoms with van der Waals surface area (Å²) in [5.41, 5.74) is 8.77. The lowest BCUT2D eigenvalue weighted by molar-refractivity contribution is -0.0581. The van der Waals surface area contributed by atoms with E-state index in [0.29, 0.717) is 70.9 Å². The minimum atomic E-state index is -0.309. The lowest BCUT2D eigenvalue weighted by atomic mass is 9.47. The van der Waals surface area contributed by atoms with Crippen LogP contribution in [-0.4, -0.2) is 98.0 Å². The molecule has 18 aliphatic rings. The SMILES string of the molecule is CC(C)CCC[C@@H](C)[C@H]1CC[C@H]2[C@@H]3CC=C4C[C@@H](OC(=O)NCCSC5=C(SCCNC(=O)O[C@H]6CC[C@@]7(C)C(=CC[C@H]8[C@@H]9CC[C@H]([C@H](C)CCCC(C)C)[C@@]9(C)CC[C@@H]87)C6)SC(=C6SC(SCCNC(=O)O[C@H]7CC[C@@]8(C)C(=CC[C@H]9[C@@H]%10CC[C@H]([C@H](C)CCCC(C)C)[C@@]%10(C)CC[C@@H]98)C7)=C(SCCNC(=O)O[C@H]7CC[C@@]8(C)C(=CC[C@H]9[C@@H]%10CC[C@H]([C@H](C)CCCC(C)C)[C@@]%10(C)CC[C@@H]98)C7)S6)S5)CC[C@]4(C)[C@H]3CC[C@]12C. The van der Waals surface area contributed by atoms with Gasteiger partial charge in [0.15, 0.2) is 0 Å². The van der Waals surface area contributed by atoms with E-state index < -0.39 is 0 Å². The highest BCUT2D eigenvalue weighted by Crippen LogP contribution is 2.75. The molecular formula is C126H200N4O8S8. The Bertz CT molecular complexity index is 4200. The first kappa shape index (κ1) is 114. The fourth-order valence-electron chi connectivity index (χ4n) is 38.0. The van der Waals surface area contributed by atoms with E-state index in [1.807, 2.05) is 47.0 Å². The smallest absolute Gasteiger partial charge is 0.407 e. The summed E-state index contributed by atoms with van der Waals surface area (Å²) in [6, 6.07) is 0. The molecule has 12 nitrogen and oxygen atoms in total. The van der Waals surface area contributed by atoms with Gasteiger partial charge in [0.25, 0.3) is 0 Å². The second-order valence-electron chi connectivity index (χ2n) is 55.5. The van der Waals surface area contributed by atoms with E-state index in [-0.39, 0.29) is 70.4 Å². The van der Waals surface area contributed by atoms with Crippen LogP contribution in [-0.2, 0) is 18.9 Å². The van der Waals surface area contributed by atoms with Crippen LogP contribution in [0.3, 0.4) is 0 Å². The van der Waals surface area contributed by atoms with E-state index in [4.69, 9.17) is 18.9 Å². The summed E-state index contributed by atoms with van der Waals surface area (Å²) < 4.78 is 33.0. The second-order valence-corrected chi connectivity index (χ2v) is 65.5. The summed E-state index contributed by atoms with van der Waals surface area (Å²) in [7, 11) is 0. The van der Waals surface area contributed by atoms with Crippen molar-refractivity contribution >= 4 is 118 Å². The minimum absolute atomic E-state index is 0.116. The van der Waals surface area contributed by atoms with Gasteiger partial charge in [-0.1, -0.05) is 309 Å². The molecule has 2 aliphatic heterocycles. The Morgan fingerprint density at radius 3 is 0.705 bits per heavy atom. The highest BCUT2D eigenvalue weighted by Gasteiger charge is 2.66. The summed E-state index contributed by atoms with van der Waals surface area (Å²) in [5, 5.41) is 13.0. The molecule has 16 aliphatic carbocycles. The zero-order valence-corrected chi connectivity index (χ0v) is 101. The van der Waals surface area contributed by atoms with Crippen molar-refractivity contribution in [3.63, 3.8) is 0 Å². The van der Waals surface area contributed by atoms with Gasteiger partial charge in [-0.2, -0.15) is 0 Å². The van der Waals surface area contributed by atoms with Gasteiger partial charge in [-0.05, 0) is 365 Å². The zero-order chi connectivity index (χ0) is 103. The molecule has 12 saturated carbocycles. The maximum Gasteiger partial charge on any atom is 0.407 e. The van der Waals surface area contributed by atoms with E-state index in [2.05, 4.69) is 184 Å². The normalized spacial score (nSPS) is 39.7. The third-order valence-corrected chi connectivity index (χ3v) is 57.4. The summed E-state index contributed by atoms with van der Waals surface area (Å²) >= 11 is 14.6. The Morgan fingerprint density at radius 2 is 0.500 bits per heavy atom. The van der Waals surface area contributed by atoms with E-state index >= 15 is 0 Å². The maximum atomic E-state index is 14.1. The lowest BCUT2D eigenvalue weighted by Crippen LogP contribution is -2.51. The summed E-state index contributed by atoms with van der Waals surface area (Å²) in [5.74, 6) is 21.7. The topological polar surface area (TPSA) is 153 Å². The highest BCUT2D eigenvalue weighted by atomic mass is 32.3. The van der Waals surface area contributed by atoms with Crippen LogP contribution in [0.5, 0.6) is 0 Å². The van der Waals surface area contributed by atoms with E-state index in [9.17, 15) is 19.2 Å². The molecule has 20 heteroatoms. The van der Waals surface area contributed by atoms with Crippen molar-refractivity contribution in [1.29, 1.82) is 0 Å². The molecule has 0 unspecified atom stereocenters. The quantitative estimate of drug-likeness (QED) is 0.0261. The van der Waals surface area contributed by atoms with Gasteiger partial charge in [0.2, 0.25) is 0 Å². The van der Waals surface area contributed by atoms with Gasteiger partial charge < -0.3 is 40.2 Å². The van der Waals surface area contributed by atoms with Crippen molar-refractivity contribution in [3.05, 3.63) is 72.0 Å². The van der Waals surface area contributed by atoms with Crippen molar-refractivity contribution in [3.8, 4) is 0 Å². The van der Waals surface area contributed by atoms with Crippen molar-refractivity contribution in [2.24, 2.45) is 185 Å². The lowest BCUT2D eigenvalue weighted by Gasteiger charge is -2.58. The van der Waals surface area contributed by atoms with Gasteiger partial charge in [0.05, 0.1) is 25.4 Å². The average Bonchev–Trinajstić information content (AvgIpc) is 1.58. The molecule has 0 aromatic heterocycles. The molecule has 0 radical (unpaired) electrons. The van der Waals surface area contributed by atoms with Crippen molar-refractivity contribution in [2.75, 3.05) is 49.2 Å². The number of fused-ring (bicyclic) bond motifs is 20. The standard InChI is InChI=1S/C126H200N4O8S8/c1-77(2)25-21-29-81(9)97-41-45-101-93-37-33-85-73-89(49-57-119(85,13)105(93)53-61-123(97,101)17)135-115(131)127-65-69-139-109-110(140-70-66-128-116(132)136-90-50-58-120(14)86(74-90)34-38-94-102-46-42-98(82(10)30-22-26-78(3)4)124(102,18)62-54-106(94)120)144-113(143-109)114-145-111(141-71-67-129-117(133)137-91-51-59-121(15)87(75-91)35-39-95-103-47-43-99(83(11)31-23-27-79(5)6)125(103,19)63-55-107(95)121)112(146-114)142-72-68-130-118(134)138-92-52-60-122(16)88(76-92)36-40-96-104-48-44-100(84(12)32-24-28-80(7)8)126(104,20)64-56-108(96)122/h33-36,77-84,89-108H,21-32,37-76H2,1-20H3,(H,127,131)(H,128,132)(H,129,133)(H,130,134)/t81-,82-,83-,84-,89+,90+,91+,92+,93+,94+,95+,96+,97-,98-,99-,100-,101+,102+,103+,104+,105+,106+,107+,108+,119+,120+,121+,122+,123-,124-,125-,126-/m1/s1. The van der Waals surface area contributed by atoms with E-state index in [1.165, 1.54) is 231 Å². The molecule has 4 N–H and O–H groups in total. The van der Waals surface area contributed by atoms with Crippen molar-refractivity contribution < 1.29 is 38.1 Å². The molecule has 0 saturated heterocycles. The molecule has 0 aromatic rings. The maximum absolute atomic E-state index is 14.1. The Labute approximate surface area is 922 Å². The molecule has 0 aromatic carbocycles. The molecule has 4 amide bonds. The van der Waals surface area contributed by atoms with Crippen molar-refractivity contribution in [2.45, 2.75) is 445 Å². The Kier molecular flexibility index (Phi) is 37.7. The van der Waals surface area contributed by atoms with Crippen LogP contribution in [0.4, 0.5) is 19.2 Å². The predicted octanol–water partition coefficient (Wildman–Crippen LogP) is 36.8. The number of amides is 4. The van der Waals surface area contributed by atoms with Crippen LogP contribution in [0.2, 0.25) is 0 Å². The number of hydrogen-bond donors (Lipinski definition) is 4. The number of thioether (sulfide) groups is 8. The summed E-state index contributed by atoms with van der Waals surface area (Å²) in [4.78, 5) is 56.4. The number of nitrogens with one attached hydrogen (secondary N) is 4. The first-order chi connectivity index (χ1) is 69.8. The van der Waals surface area contributed by atoms with Crippen LogP contribution in [0.25, 0.3) is 0 Å². The first-order valence-electron chi connectivity index (χ1n) is 60.8. The highest BCUT2D eigenvalue weighted by molar-refractivity contribution is 8.45. The third-order valence-electron chi connectivity index (χ3n) is 45.8. The first-order valence-corrected chi connectivity index (χ1v) is 68.0. The number of allylic oxidation sites excluding steroid dienone is 4. The fourth-order valence-corrected chi connectivity index (χ4v) is 49.7. The molecule has 2 heterocycles. The summed E-state index contributed by atoms with van der Waals surface area (Å²) in [6.45, 7) is 52.5. The zero-order valence-electron chi connectivity index (χ0n) is 94.8. The van der Waals surface area contributed by atoms with Gasteiger partial charge in [-0.15, -0.1) is 47.0 Å². The van der Waals surface area contributed by atoms with Crippen molar-refractivity contribution in [1.82, 2.24) is 21.3 Å². The fraction of sp³-hybridized carbons (Fsp3) is 0.857. The molecule has 820 valence electrons. The van der Waals surface area contributed by atoms with Crippen LogP contribution in [0.1, 0.15) is 421 Å². The number of ether oxygens (including phenoxy) is 4. The molecule has 12 fully saturated rings. The van der Waals surface area contributed by atoms with Gasteiger partial charge >= 0.3 is 24.4 Å². The van der Waals surface area contributed by atoms with Gasteiger partial charge in [0, 0.05) is 74.9 Å². The molecule has 146 heavy (non-hydrogen) atoms. The molecular weight excluding hydrogens is 1950 g/mol. The largest absolute Gasteiger partial charge is 0.446 e. The second kappa shape index (κ2) is 48.5. The van der Waals surface area contributed by atoms with E-state index in [1.54, 1.807) is 69.3 Å². The minimum Gasteiger partial charge on any atom is -0.446 e. The number of hydrogen-bond acceptors (Lipinski definition) is 16. The number of rotatable bonds is 40. The third kappa shape index (κ3) is 24.2. The summed E-state index contributed by atoms with van der Waals surface area (Å²) in [6.07, 6.45) is 63.4. The van der Waals surface area contributed by atoms with Gasteiger partial charge in [0.1, 0.15) is 24.4 Å². The Morgan fingerprint density at radius 1 is 0.288 bits per heavy atom. The monoisotopic (exact) mass is 2150 g/mol.